The average molecular weight is 307 g/mol. The predicted octanol–water partition coefficient (Wildman–Crippen LogP) is 5.55. The second kappa shape index (κ2) is 5.63. The van der Waals surface area contributed by atoms with Crippen LogP contribution in [0.4, 0.5) is 0 Å². The molecule has 0 saturated heterocycles. The fourth-order valence-corrected chi connectivity index (χ4v) is 7.08. The van der Waals surface area contributed by atoms with Gasteiger partial charge < -0.3 is 0 Å². The quantitative estimate of drug-likeness (QED) is 0.442. The molecule has 1 heterocycles. The molecule has 3 aromatic rings. The number of rotatable bonds is 2. The first-order valence-corrected chi connectivity index (χ1v) is 9.76. The van der Waals surface area contributed by atoms with Gasteiger partial charge in [-0.2, -0.15) is 0 Å². The molecule has 3 aromatic carbocycles. The molecule has 1 unspecified atom stereocenters. The van der Waals surface area contributed by atoms with Gasteiger partial charge in [0, 0.05) is 16.7 Å². The van der Waals surface area contributed by atoms with Gasteiger partial charge in [0.05, 0.1) is 4.90 Å². The minimum atomic E-state index is 0.185. The monoisotopic (exact) mass is 307 g/mol. The molecule has 0 N–H and O–H groups in total. The van der Waals surface area contributed by atoms with Crippen molar-refractivity contribution in [2.45, 2.75) is 15.5 Å². The van der Waals surface area contributed by atoms with E-state index in [0.29, 0.717) is 0 Å². The lowest BCUT2D eigenvalue weighted by atomic mass is 10.1. The fourth-order valence-electron chi connectivity index (χ4n) is 2.64. The highest BCUT2D eigenvalue weighted by Crippen LogP contribution is 2.48. The van der Waals surface area contributed by atoms with E-state index < -0.39 is 0 Å². The molecule has 0 amide bonds. The lowest BCUT2D eigenvalue weighted by molar-refractivity contribution is 1.33. The maximum Gasteiger partial charge on any atom is 0.176 e. The van der Waals surface area contributed by atoms with Crippen molar-refractivity contribution in [2.75, 3.05) is 0 Å². The number of fused-ring (bicyclic) bond motifs is 3. The largest absolute Gasteiger partial charge is 0.176 e. The maximum atomic E-state index is 2.30. The van der Waals surface area contributed by atoms with E-state index in [-0.39, 0.29) is 9.93 Å². The van der Waals surface area contributed by atoms with Crippen LogP contribution < -0.4 is 0 Å². The van der Waals surface area contributed by atoms with Crippen molar-refractivity contribution in [3.8, 4) is 11.1 Å². The molecule has 4 rings (SSSR count). The fraction of sp³-hybridized carbons (Fsp3) is 0.0526. The van der Waals surface area contributed by atoms with Crippen molar-refractivity contribution in [3.05, 3.63) is 84.4 Å². The zero-order valence-electron chi connectivity index (χ0n) is 11.5. The standard InChI is InChI=1S/C19H15S2/c1-2-8-15(9-3-1)14-21-19-13-7-5-11-17(19)16-10-4-6-12-18(16)20-21/h1-13H,14H2/q+1. The van der Waals surface area contributed by atoms with E-state index in [2.05, 4.69) is 78.9 Å². The molecule has 1 aliphatic heterocycles. The summed E-state index contributed by atoms with van der Waals surface area (Å²) in [5.41, 5.74) is 4.21. The molecular weight excluding hydrogens is 292 g/mol. The Balaban J connectivity index is 1.78. The second-order valence-electron chi connectivity index (χ2n) is 5.05. The molecule has 2 heteroatoms. The smallest absolute Gasteiger partial charge is 0.0622 e. The van der Waals surface area contributed by atoms with Crippen LogP contribution in [0, 0.1) is 0 Å². The Labute approximate surface area is 132 Å². The average Bonchev–Trinajstić information content (AvgIpc) is 2.56. The van der Waals surface area contributed by atoms with Crippen LogP contribution in [0.25, 0.3) is 11.1 Å². The zero-order chi connectivity index (χ0) is 14.1. The first-order chi connectivity index (χ1) is 10.4. The topological polar surface area (TPSA) is 0 Å². The summed E-state index contributed by atoms with van der Waals surface area (Å²) < 4.78 is 0. The summed E-state index contributed by atoms with van der Waals surface area (Å²) in [6.45, 7) is 0. The summed E-state index contributed by atoms with van der Waals surface area (Å²) in [5.74, 6) is 1.11. The maximum absolute atomic E-state index is 2.30. The van der Waals surface area contributed by atoms with Crippen LogP contribution in [0.2, 0.25) is 0 Å². The number of hydrogen-bond donors (Lipinski definition) is 0. The van der Waals surface area contributed by atoms with Crippen molar-refractivity contribution in [1.82, 2.24) is 0 Å². The Morgan fingerprint density at radius 1 is 0.667 bits per heavy atom. The van der Waals surface area contributed by atoms with E-state index in [9.17, 15) is 0 Å². The minimum Gasteiger partial charge on any atom is -0.0622 e. The lowest BCUT2D eigenvalue weighted by Gasteiger charge is -2.18. The van der Waals surface area contributed by atoms with Crippen LogP contribution in [0.15, 0.2) is 88.7 Å². The molecular formula is C19H15S2+. The third kappa shape index (κ3) is 2.50. The van der Waals surface area contributed by atoms with Crippen LogP contribution in [-0.2, 0) is 15.7 Å². The first-order valence-electron chi connectivity index (χ1n) is 7.03. The molecule has 0 bridgehead atoms. The summed E-state index contributed by atoms with van der Waals surface area (Å²) in [5, 5.41) is 0. The highest BCUT2D eigenvalue weighted by Gasteiger charge is 2.34. The van der Waals surface area contributed by atoms with Crippen LogP contribution in [0.1, 0.15) is 5.56 Å². The van der Waals surface area contributed by atoms with Gasteiger partial charge in [-0.15, -0.1) is 0 Å². The Kier molecular flexibility index (Phi) is 3.50. The Morgan fingerprint density at radius 3 is 2.19 bits per heavy atom. The Morgan fingerprint density at radius 2 is 1.33 bits per heavy atom. The highest BCUT2D eigenvalue weighted by atomic mass is 33.1. The van der Waals surface area contributed by atoms with E-state index in [1.807, 2.05) is 10.8 Å². The van der Waals surface area contributed by atoms with Crippen LogP contribution in [0.5, 0.6) is 0 Å². The van der Waals surface area contributed by atoms with E-state index in [1.54, 1.807) is 0 Å². The Bertz CT molecular complexity index is 763. The van der Waals surface area contributed by atoms with Crippen LogP contribution >= 0.6 is 10.8 Å². The molecule has 1 atom stereocenters. The van der Waals surface area contributed by atoms with E-state index in [4.69, 9.17) is 0 Å². The van der Waals surface area contributed by atoms with Crippen molar-refractivity contribution in [1.29, 1.82) is 0 Å². The summed E-state index contributed by atoms with van der Waals surface area (Å²) >= 11 is 0. The van der Waals surface area contributed by atoms with Gasteiger partial charge >= 0.3 is 0 Å². The van der Waals surface area contributed by atoms with Gasteiger partial charge in [0.25, 0.3) is 0 Å². The SMILES string of the molecule is c1ccc(C[S+]2Sc3ccccc3-c3ccccc32)cc1. The summed E-state index contributed by atoms with van der Waals surface area (Å²) in [6, 6.07) is 28.5. The molecule has 102 valence electrons. The third-order valence-corrected chi connectivity index (χ3v) is 7.85. The van der Waals surface area contributed by atoms with Crippen molar-refractivity contribution >= 4 is 20.7 Å². The van der Waals surface area contributed by atoms with Gasteiger partial charge in [0.15, 0.2) is 10.6 Å². The molecule has 0 nitrogen and oxygen atoms in total. The van der Waals surface area contributed by atoms with Crippen LogP contribution in [-0.4, -0.2) is 0 Å². The van der Waals surface area contributed by atoms with Gasteiger partial charge in [-0.3, -0.25) is 0 Å². The number of benzene rings is 3. The van der Waals surface area contributed by atoms with Crippen LogP contribution in [0.3, 0.4) is 0 Å². The molecule has 0 aromatic heterocycles. The van der Waals surface area contributed by atoms with Gasteiger partial charge in [0.1, 0.15) is 20.7 Å². The highest BCUT2D eigenvalue weighted by molar-refractivity contribution is 8.74. The van der Waals surface area contributed by atoms with Crippen molar-refractivity contribution < 1.29 is 0 Å². The molecule has 0 aliphatic carbocycles. The zero-order valence-corrected chi connectivity index (χ0v) is 13.2. The third-order valence-electron chi connectivity index (χ3n) is 3.64. The van der Waals surface area contributed by atoms with E-state index in [1.165, 1.54) is 26.5 Å². The first kappa shape index (κ1) is 13.1. The van der Waals surface area contributed by atoms with E-state index >= 15 is 0 Å². The second-order valence-corrected chi connectivity index (χ2v) is 8.78. The lowest BCUT2D eigenvalue weighted by Crippen LogP contribution is -2.08. The molecule has 0 spiro atoms. The van der Waals surface area contributed by atoms with Gasteiger partial charge in [-0.05, 0) is 18.2 Å². The van der Waals surface area contributed by atoms with Gasteiger partial charge in [0.2, 0.25) is 0 Å². The van der Waals surface area contributed by atoms with Gasteiger partial charge in [-0.1, -0.05) is 60.7 Å². The predicted molar refractivity (Wildman–Crippen MR) is 93.5 cm³/mol. The van der Waals surface area contributed by atoms with E-state index in [0.717, 1.165) is 5.75 Å². The molecule has 1 aliphatic rings. The molecule has 0 fully saturated rings. The number of hydrogen-bond acceptors (Lipinski definition) is 1. The summed E-state index contributed by atoms with van der Waals surface area (Å²) in [4.78, 5) is 2.90. The summed E-state index contributed by atoms with van der Waals surface area (Å²) in [7, 11) is 2.21. The normalized spacial score (nSPS) is 16.1. The molecule has 0 saturated carbocycles. The van der Waals surface area contributed by atoms with Crippen molar-refractivity contribution in [2.24, 2.45) is 0 Å². The molecule has 21 heavy (non-hydrogen) atoms. The summed E-state index contributed by atoms with van der Waals surface area (Å²) in [6.07, 6.45) is 0. The van der Waals surface area contributed by atoms with Gasteiger partial charge in [-0.25, -0.2) is 0 Å². The van der Waals surface area contributed by atoms with Crippen molar-refractivity contribution in [3.63, 3.8) is 0 Å². The molecule has 0 radical (unpaired) electrons. The minimum absolute atomic E-state index is 0.185. The Hall–Kier alpha value is -1.64.